The summed E-state index contributed by atoms with van der Waals surface area (Å²) in [4.78, 5) is 15.0. The molecule has 0 unspecified atom stereocenters. The number of hydrogen-bond acceptors (Lipinski definition) is 3. The molecule has 0 amide bonds. The van der Waals surface area contributed by atoms with Crippen molar-refractivity contribution in [2.24, 2.45) is 0 Å². The van der Waals surface area contributed by atoms with Crippen LogP contribution < -0.4 is 5.32 Å². The van der Waals surface area contributed by atoms with Crippen molar-refractivity contribution < 1.29 is 9.90 Å². The molecule has 0 spiro atoms. The fraction of sp³-hybridized carbons (Fsp3) is 0. The Morgan fingerprint density at radius 2 is 2.00 bits per heavy atom. The molecule has 0 saturated heterocycles. The van der Waals surface area contributed by atoms with Crippen LogP contribution in [0.25, 0.3) is 0 Å². The highest BCUT2D eigenvalue weighted by Gasteiger charge is 2.11. The summed E-state index contributed by atoms with van der Waals surface area (Å²) >= 11 is 14.0. The van der Waals surface area contributed by atoms with E-state index >= 15 is 0 Å². The zero-order valence-corrected chi connectivity index (χ0v) is 13.0. The second-order valence-electron chi connectivity index (χ2n) is 3.60. The van der Waals surface area contributed by atoms with Gasteiger partial charge in [0.25, 0.3) is 0 Å². The van der Waals surface area contributed by atoms with E-state index in [-0.39, 0.29) is 10.6 Å². The predicted octanol–water partition coefficient (Wildman–Crippen LogP) is 4.43. The van der Waals surface area contributed by atoms with E-state index in [9.17, 15) is 4.79 Å². The first-order valence-electron chi connectivity index (χ1n) is 5.08. The number of benzene rings is 1. The third kappa shape index (κ3) is 3.49. The van der Waals surface area contributed by atoms with Gasteiger partial charge in [0.2, 0.25) is 0 Å². The summed E-state index contributed by atoms with van der Waals surface area (Å²) in [5.74, 6) is -0.742. The van der Waals surface area contributed by atoms with Crippen LogP contribution in [-0.4, -0.2) is 16.1 Å². The highest BCUT2D eigenvalue weighted by molar-refractivity contribution is 14.1. The highest BCUT2D eigenvalue weighted by Crippen LogP contribution is 2.27. The van der Waals surface area contributed by atoms with Gasteiger partial charge < -0.3 is 10.4 Å². The molecule has 0 fully saturated rings. The molecule has 4 nitrogen and oxygen atoms in total. The van der Waals surface area contributed by atoms with Gasteiger partial charge in [0.1, 0.15) is 5.82 Å². The van der Waals surface area contributed by atoms with Crippen molar-refractivity contribution in [3.63, 3.8) is 0 Å². The number of halogens is 3. The highest BCUT2D eigenvalue weighted by atomic mass is 127. The fourth-order valence-corrected chi connectivity index (χ4v) is 2.49. The summed E-state index contributed by atoms with van der Waals surface area (Å²) in [6.45, 7) is 0. The van der Waals surface area contributed by atoms with Gasteiger partial charge in [0.05, 0.1) is 21.3 Å². The molecule has 0 radical (unpaired) electrons. The molecule has 19 heavy (non-hydrogen) atoms. The molecule has 0 bridgehead atoms. The summed E-state index contributed by atoms with van der Waals surface area (Å²) in [6, 6.07) is 6.82. The van der Waals surface area contributed by atoms with E-state index in [1.54, 1.807) is 12.1 Å². The van der Waals surface area contributed by atoms with Crippen molar-refractivity contribution in [3.8, 4) is 0 Å². The van der Waals surface area contributed by atoms with Gasteiger partial charge in [-0.2, -0.15) is 0 Å². The number of aromatic carboxylic acids is 1. The van der Waals surface area contributed by atoms with Crippen LogP contribution in [0.2, 0.25) is 10.0 Å². The standard InChI is InChI=1S/C12H7Cl2IN2O2/c13-8-3-6(15)1-2-10(8)17-11-4-7(12(18)19)9(14)5-16-11/h1-5H,(H,16,17)(H,18,19). The van der Waals surface area contributed by atoms with Crippen LogP contribution in [-0.2, 0) is 0 Å². The van der Waals surface area contributed by atoms with Crippen LogP contribution in [0.4, 0.5) is 11.5 Å². The predicted molar refractivity (Wildman–Crippen MR) is 83.7 cm³/mol. The molecule has 0 aliphatic carbocycles. The average molecular weight is 409 g/mol. The molecule has 7 heteroatoms. The van der Waals surface area contributed by atoms with Crippen LogP contribution in [0.15, 0.2) is 30.5 Å². The van der Waals surface area contributed by atoms with Crippen LogP contribution >= 0.6 is 45.8 Å². The van der Waals surface area contributed by atoms with E-state index in [1.807, 2.05) is 6.07 Å². The Morgan fingerprint density at radius 1 is 1.26 bits per heavy atom. The summed E-state index contributed by atoms with van der Waals surface area (Å²) in [5.41, 5.74) is 0.633. The number of hydrogen-bond donors (Lipinski definition) is 2. The Morgan fingerprint density at radius 3 is 2.63 bits per heavy atom. The number of carboxylic acids is 1. The molecule has 0 saturated carbocycles. The van der Waals surface area contributed by atoms with Gasteiger partial charge in [-0.05, 0) is 46.9 Å². The van der Waals surface area contributed by atoms with Gasteiger partial charge in [-0.3, -0.25) is 0 Å². The van der Waals surface area contributed by atoms with Crippen LogP contribution in [0.5, 0.6) is 0 Å². The van der Waals surface area contributed by atoms with Gasteiger partial charge in [-0.1, -0.05) is 23.2 Å². The lowest BCUT2D eigenvalue weighted by Crippen LogP contribution is -2.01. The number of anilines is 2. The number of nitrogens with zero attached hydrogens (tertiary/aromatic N) is 1. The van der Waals surface area contributed by atoms with E-state index in [0.29, 0.717) is 16.5 Å². The molecule has 0 aliphatic heterocycles. The maximum absolute atomic E-state index is 11.0. The fourth-order valence-electron chi connectivity index (χ4n) is 1.40. The quantitative estimate of drug-likeness (QED) is 0.737. The minimum atomic E-state index is -1.11. The largest absolute Gasteiger partial charge is 0.478 e. The molecular formula is C12H7Cl2IN2O2. The van der Waals surface area contributed by atoms with Crippen molar-refractivity contribution in [3.05, 3.63) is 49.6 Å². The normalized spacial score (nSPS) is 10.3. The second kappa shape index (κ2) is 5.94. The van der Waals surface area contributed by atoms with E-state index in [1.165, 1.54) is 12.3 Å². The Kier molecular flexibility index (Phi) is 4.49. The van der Waals surface area contributed by atoms with Crippen LogP contribution in [0.3, 0.4) is 0 Å². The minimum Gasteiger partial charge on any atom is -0.478 e. The molecular weight excluding hydrogens is 402 g/mol. The molecule has 1 heterocycles. The molecule has 1 aromatic heterocycles. The van der Waals surface area contributed by atoms with Crippen molar-refractivity contribution >= 4 is 63.3 Å². The number of aromatic nitrogens is 1. The van der Waals surface area contributed by atoms with Crippen molar-refractivity contribution in [2.75, 3.05) is 5.32 Å². The topological polar surface area (TPSA) is 62.2 Å². The third-order valence-corrected chi connectivity index (χ3v) is 3.56. The zero-order chi connectivity index (χ0) is 14.0. The summed E-state index contributed by atoms with van der Waals surface area (Å²) in [7, 11) is 0. The summed E-state index contributed by atoms with van der Waals surface area (Å²) < 4.78 is 1.00. The average Bonchev–Trinajstić information content (AvgIpc) is 2.34. The molecule has 98 valence electrons. The Labute approximate surface area is 132 Å². The molecule has 0 aliphatic rings. The monoisotopic (exact) mass is 408 g/mol. The third-order valence-electron chi connectivity index (χ3n) is 2.28. The lowest BCUT2D eigenvalue weighted by molar-refractivity contribution is 0.0697. The first kappa shape index (κ1) is 14.4. The number of rotatable bonds is 3. The first-order chi connectivity index (χ1) is 8.97. The van der Waals surface area contributed by atoms with E-state index in [2.05, 4.69) is 32.9 Å². The summed E-state index contributed by atoms with van der Waals surface area (Å²) in [6.07, 6.45) is 1.29. The van der Waals surface area contributed by atoms with Gasteiger partial charge in [0.15, 0.2) is 0 Å². The van der Waals surface area contributed by atoms with E-state index in [0.717, 1.165) is 3.57 Å². The number of carboxylic acid groups (broad SMARTS) is 1. The molecule has 2 N–H and O–H groups in total. The lowest BCUT2D eigenvalue weighted by atomic mass is 10.2. The van der Waals surface area contributed by atoms with Crippen LogP contribution in [0.1, 0.15) is 10.4 Å². The molecule has 1 aromatic carbocycles. The zero-order valence-electron chi connectivity index (χ0n) is 9.32. The van der Waals surface area contributed by atoms with Gasteiger partial charge in [-0.25, -0.2) is 9.78 Å². The van der Waals surface area contributed by atoms with Crippen molar-refractivity contribution in [2.45, 2.75) is 0 Å². The van der Waals surface area contributed by atoms with Crippen molar-refractivity contribution in [1.29, 1.82) is 0 Å². The maximum atomic E-state index is 11.0. The minimum absolute atomic E-state index is 0.0131. The maximum Gasteiger partial charge on any atom is 0.337 e. The van der Waals surface area contributed by atoms with E-state index < -0.39 is 5.97 Å². The molecule has 0 atom stereocenters. The van der Waals surface area contributed by atoms with Crippen molar-refractivity contribution in [1.82, 2.24) is 4.98 Å². The van der Waals surface area contributed by atoms with Gasteiger partial charge in [0, 0.05) is 9.77 Å². The SMILES string of the molecule is O=C(O)c1cc(Nc2ccc(I)cc2Cl)ncc1Cl. The lowest BCUT2D eigenvalue weighted by Gasteiger charge is -2.09. The number of carbonyl (C=O) groups is 1. The summed E-state index contributed by atoms with van der Waals surface area (Å²) in [5, 5.41) is 12.6. The Bertz CT molecular complexity index is 650. The Balaban J connectivity index is 2.33. The van der Waals surface area contributed by atoms with Gasteiger partial charge in [-0.15, -0.1) is 0 Å². The van der Waals surface area contributed by atoms with E-state index in [4.69, 9.17) is 28.3 Å². The second-order valence-corrected chi connectivity index (χ2v) is 5.66. The molecule has 2 rings (SSSR count). The number of nitrogens with one attached hydrogen (secondary N) is 1. The number of pyridine rings is 1. The Hall–Kier alpha value is -1.05. The first-order valence-corrected chi connectivity index (χ1v) is 6.92. The van der Waals surface area contributed by atoms with Crippen LogP contribution in [0, 0.1) is 3.57 Å². The van der Waals surface area contributed by atoms with Gasteiger partial charge >= 0.3 is 5.97 Å². The smallest absolute Gasteiger partial charge is 0.337 e. The molecule has 2 aromatic rings.